The summed E-state index contributed by atoms with van der Waals surface area (Å²) in [5.41, 5.74) is 2.10. The van der Waals surface area contributed by atoms with Gasteiger partial charge in [-0.25, -0.2) is 4.98 Å². The van der Waals surface area contributed by atoms with Crippen LogP contribution in [-0.4, -0.2) is 21.8 Å². The van der Waals surface area contributed by atoms with Gasteiger partial charge in [0.15, 0.2) is 0 Å². The van der Waals surface area contributed by atoms with Crippen LogP contribution < -0.4 is 5.32 Å². The molecule has 1 amide bonds. The summed E-state index contributed by atoms with van der Waals surface area (Å²) in [6, 6.07) is 9.01. The third kappa shape index (κ3) is 5.66. The maximum Gasteiger partial charge on any atom is 0.416 e. The van der Waals surface area contributed by atoms with Crippen LogP contribution in [0.2, 0.25) is 0 Å². The normalized spacial score (nSPS) is 12.8. The van der Waals surface area contributed by atoms with Crippen molar-refractivity contribution in [2.45, 2.75) is 58.0 Å². The first kappa shape index (κ1) is 22.8. The third-order valence-corrected chi connectivity index (χ3v) is 5.47. The van der Waals surface area contributed by atoms with Crippen molar-refractivity contribution in [2.24, 2.45) is 0 Å². The average Bonchev–Trinajstić information content (AvgIpc) is 3.16. The van der Waals surface area contributed by atoms with E-state index in [4.69, 9.17) is 0 Å². The first-order valence-corrected chi connectivity index (χ1v) is 10.7. The molecule has 31 heavy (non-hydrogen) atoms. The van der Waals surface area contributed by atoms with Crippen molar-refractivity contribution >= 4 is 11.6 Å². The highest BCUT2D eigenvalue weighted by molar-refractivity contribution is 5.77. The Morgan fingerprint density at radius 2 is 1.97 bits per heavy atom. The molecule has 1 aromatic carbocycles. The number of alkyl halides is 3. The molecule has 3 aromatic rings. The third-order valence-electron chi connectivity index (χ3n) is 5.47. The van der Waals surface area contributed by atoms with Crippen molar-refractivity contribution in [3.05, 3.63) is 71.2 Å². The molecule has 0 radical (unpaired) electrons. The molecule has 0 spiro atoms. The summed E-state index contributed by atoms with van der Waals surface area (Å²) in [6.07, 6.45) is 3.25. The van der Waals surface area contributed by atoms with E-state index in [1.165, 1.54) is 6.07 Å². The number of rotatable bonds is 9. The minimum atomic E-state index is -4.45. The van der Waals surface area contributed by atoms with Gasteiger partial charge in [0.25, 0.3) is 0 Å². The maximum atomic E-state index is 13.3. The largest absolute Gasteiger partial charge is 0.416 e. The molecule has 2 aromatic heterocycles. The molecule has 0 aliphatic heterocycles. The minimum absolute atomic E-state index is 0.0524. The van der Waals surface area contributed by atoms with E-state index in [-0.39, 0.29) is 12.3 Å². The number of hydrogen-bond acceptors (Lipinski definition) is 2. The topological polar surface area (TPSA) is 46.4 Å². The van der Waals surface area contributed by atoms with E-state index in [9.17, 15) is 18.0 Å². The lowest BCUT2D eigenvalue weighted by atomic mass is 9.91. The Hall–Kier alpha value is -2.83. The number of carbonyl (C=O) groups excluding carboxylic acids is 1. The predicted octanol–water partition coefficient (Wildman–Crippen LogP) is 5.88. The molecule has 3 rings (SSSR count). The fourth-order valence-electron chi connectivity index (χ4n) is 3.79. The summed E-state index contributed by atoms with van der Waals surface area (Å²) in [4.78, 5) is 17.1. The van der Waals surface area contributed by atoms with E-state index in [1.54, 1.807) is 12.3 Å². The summed E-state index contributed by atoms with van der Waals surface area (Å²) >= 11 is 0. The Balaban J connectivity index is 1.91. The fourth-order valence-corrected chi connectivity index (χ4v) is 3.79. The molecule has 0 saturated heterocycles. The molecule has 1 atom stereocenters. The minimum Gasteiger partial charge on any atom is -0.356 e. The molecule has 1 unspecified atom stereocenters. The van der Waals surface area contributed by atoms with Gasteiger partial charge in [0.05, 0.1) is 11.3 Å². The molecule has 0 bridgehead atoms. The first-order valence-electron chi connectivity index (χ1n) is 10.7. The van der Waals surface area contributed by atoms with E-state index >= 15 is 0 Å². The zero-order chi connectivity index (χ0) is 22.4. The SMILES string of the molecule is CCCCCCNC(=O)CC(c1cccc(C(F)(F)F)c1)c1cnc2c(C)cccn12. The number of nitrogens with one attached hydrogen (secondary N) is 1. The molecule has 166 valence electrons. The van der Waals surface area contributed by atoms with Crippen LogP contribution in [0.4, 0.5) is 13.2 Å². The van der Waals surface area contributed by atoms with Gasteiger partial charge in [0.1, 0.15) is 5.65 Å². The van der Waals surface area contributed by atoms with Crippen molar-refractivity contribution in [1.29, 1.82) is 0 Å². The van der Waals surface area contributed by atoms with Gasteiger partial charge in [-0.05, 0) is 36.6 Å². The van der Waals surface area contributed by atoms with Crippen LogP contribution in [0.1, 0.15) is 67.3 Å². The van der Waals surface area contributed by atoms with Crippen LogP contribution in [0, 0.1) is 6.92 Å². The van der Waals surface area contributed by atoms with Gasteiger partial charge in [0.2, 0.25) is 5.91 Å². The second kappa shape index (κ2) is 9.98. The monoisotopic (exact) mass is 431 g/mol. The highest BCUT2D eigenvalue weighted by atomic mass is 19.4. The number of unbranched alkanes of at least 4 members (excludes halogenated alkanes) is 3. The summed E-state index contributed by atoms with van der Waals surface area (Å²) in [6.45, 7) is 4.62. The van der Waals surface area contributed by atoms with E-state index in [2.05, 4.69) is 17.2 Å². The van der Waals surface area contributed by atoms with Crippen LogP contribution in [0.25, 0.3) is 5.65 Å². The summed E-state index contributed by atoms with van der Waals surface area (Å²) < 4.78 is 41.8. The Morgan fingerprint density at radius 1 is 1.16 bits per heavy atom. The molecule has 0 aliphatic rings. The number of aromatic nitrogens is 2. The Bertz CT molecular complexity index is 1030. The van der Waals surface area contributed by atoms with Crippen LogP contribution in [0.15, 0.2) is 48.8 Å². The number of aryl methyl sites for hydroxylation is 1. The zero-order valence-electron chi connectivity index (χ0n) is 17.9. The first-order chi connectivity index (χ1) is 14.8. The van der Waals surface area contributed by atoms with Gasteiger partial charge in [-0.15, -0.1) is 0 Å². The predicted molar refractivity (Wildman–Crippen MR) is 115 cm³/mol. The number of nitrogens with zero attached hydrogens (tertiary/aromatic N) is 2. The zero-order valence-corrected chi connectivity index (χ0v) is 17.9. The van der Waals surface area contributed by atoms with E-state index in [0.717, 1.165) is 49.0 Å². The van der Waals surface area contributed by atoms with Crippen LogP contribution in [0.3, 0.4) is 0 Å². The summed E-state index contributed by atoms with van der Waals surface area (Å²) in [7, 11) is 0. The number of imidazole rings is 1. The number of hydrogen-bond donors (Lipinski definition) is 1. The van der Waals surface area contributed by atoms with Crippen LogP contribution in [0.5, 0.6) is 0 Å². The van der Waals surface area contributed by atoms with Crippen molar-refractivity contribution in [3.8, 4) is 0 Å². The maximum absolute atomic E-state index is 13.3. The smallest absolute Gasteiger partial charge is 0.356 e. The molecular weight excluding hydrogens is 403 g/mol. The number of carbonyl (C=O) groups is 1. The van der Waals surface area contributed by atoms with Crippen molar-refractivity contribution < 1.29 is 18.0 Å². The Kier molecular flexibility index (Phi) is 7.36. The van der Waals surface area contributed by atoms with Gasteiger partial charge in [0, 0.05) is 31.3 Å². The van der Waals surface area contributed by atoms with Gasteiger partial charge < -0.3 is 9.72 Å². The summed E-state index contributed by atoms with van der Waals surface area (Å²) in [5.74, 6) is -0.726. The molecule has 7 heteroatoms. The fraction of sp³-hybridized carbons (Fsp3) is 0.417. The second-order valence-corrected chi connectivity index (χ2v) is 7.86. The van der Waals surface area contributed by atoms with E-state index in [1.807, 2.05) is 29.7 Å². The lowest BCUT2D eigenvalue weighted by Crippen LogP contribution is -2.26. The van der Waals surface area contributed by atoms with Crippen molar-refractivity contribution in [2.75, 3.05) is 6.54 Å². The molecule has 2 heterocycles. The quantitative estimate of drug-likeness (QED) is 0.430. The van der Waals surface area contributed by atoms with E-state index < -0.39 is 17.7 Å². The average molecular weight is 432 g/mol. The number of benzene rings is 1. The van der Waals surface area contributed by atoms with Crippen molar-refractivity contribution in [1.82, 2.24) is 14.7 Å². The van der Waals surface area contributed by atoms with Gasteiger partial charge in [-0.2, -0.15) is 13.2 Å². The number of fused-ring (bicyclic) bond motifs is 1. The second-order valence-electron chi connectivity index (χ2n) is 7.86. The Labute approximate surface area is 180 Å². The molecule has 0 saturated carbocycles. The molecular formula is C24H28F3N3O. The Morgan fingerprint density at radius 3 is 2.71 bits per heavy atom. The van der Waals surface area contributed by atoms with Gasteiger partial charge >= 0.3 is 6.18 Å². The lowest BCUT2D eigenvalue weighted by Gasteiger charge is -2.19. The number of pyridine rings is 1. The number of halogens is 3. The highest BCUT2D eigenvalue weighted by Gasteiger charge is 2.32. The highest BCUT2D eigenvalue weighted by Crippen LogP contribution is 2.34. The standard InChI is InChI=1S/C24H28F3N3O/c1-3-4-5-6-12-28-22(31)15-20(18-10-7-11-19(14-18)24(25,26)27)21-16-29-23-17(2)9-8-13-30(21)23/h7-11,13-14,16,20H,3-6,12,15H2,1-2H3,(H,28,31). The molecule has 1 N–H and O–H groups in total. The van der Waals surface area contributed by atoms with Crippen LogP contribution in [-0.2, 0) is 11.0 Å². The van der Waals surface area contributed by atoms with Crippen molar-refractivity contribution in [3.63, 3.8) is 0 Å². The lowest BCUT2D eigenvalue weighted by molar-refractivity contribution is -0.137. The van der Waals surface area contributed by atoms with Gasteiger partial charge in [-0.3, -0.25) is 4.79 Å². The number of amides is 1. The molecule has 0 aliphatic carbocycles. The summed E-state index contributed by atoms with van der Waals surface area (Å²) in [5, 5.41) is 2.92. The van der Waals surface area contributed by atoms with Crippen LogP contribution >= 0.6 is 0 Å². The molecule has 4 nitrogen and oxygen atoms in total. The molecule has 0 fully saturated rings. The van der Waals surface area contributed by atoms with E-state index in [0.29, 0.717) is 17.8 Å². The van der Waals surface area contributed by atoms with Gasteiger partial charge in [-0.1, -0.05) is 50.5 Å².